The van der Waals surface area contributed by atoms with Gasteiger partial charge in [0.05, 0.1) is 0 Å². The van der Waals surface area contributed by atoms with Crippen molar-refractivity contribution in [3.63, 3.8) is 0 Å². The Morgan fingerprint density at radius 2 is 1.35 bits per heavy atom. The summed E-state index contributed by atoms with van der Waals surface area (Å²) in [5.41, 5.74) is 4.92. The fraction of sp³-hybridized carbons (Fsp3) is 0. The summed E-state index contributed by atoms with van der Waals surface area (Å²) in [6.45, 7) is 0. The van der Waals surface area contributed by atoms with Crippen molar-refractivity contribution in [3.8, 4) is 11.1 Å². The van der Waals surface area contributed by atoms with E-state index in [2.05, 4.69) is 94.3 Å². The molecule has 96 valence electrons. The lowest BCUT2D eigenvalue weighted by molar-refractivity contribution is 1.54. The second kappa shape index (κ2) is 4.63. The van der Waals surface area contributed by atoms with Gasteiger partial charge in [-0.25, -0.2) is 0 Å². The van der Waals surface area contributed by atoms with Gasteiger partial charge in [0.25, 0.3) is 0 Å². The van der Waals surface area contributed by atoms with E-state index in [1.54, 1.807) is 0 Å². The lowest BCUT2D eigenvalue weighted by Gasteiger charge is -2.01. The molecule has 0 aliphatic carbocycles. The number of benzene rings is 3. The van der Waals surface area contributed by atoms with Gasteiger partial charge in [-0.15, -0.1) is 0 Å². The minimum Gasteiger partial charge on any atom is -0.355 e. The molecule has 2 heteroatoms. The van der Waals surface area contributed by atoms with Crippen LogP contribution in [0, 0.1) is 3.57 Å². The Balaban J connectivity index is 2.03. The summed E-state index contributed by atoms with van der Waals surface area (Å²) >= 11 is 2.36. The summed E-state index contributed by atoms with van der Waals surface area (Å²) in [5, 5.41) is 2.59. The van der Waals surface area contributed by atoms with Crippen LogP contribution < -0.4 is 0 Å². The molecule has 0 fully saturated rings. The second-order valence-electron chi connectivity index (χ2n) is 4.94. The van der Waals surface area contributed by atoms with Gasteiger partial charge in [0.1, 0.15) is 0 Å². The molecule has 0 saturated carbocycles. The molecule has 1 heterocycles. The molecule has 20 heavy (non-hydrogen) atoms. The van der Waals surface area contributed by atoms with E-state index in [1.807, 2.05) is 0 Å². The molecular weight excluding hydrogens is 357 g/mol. The topological polar surface area (TPSA) is 15.8 Å². The zero-order chi connectivity index (χ0) is 13.5. The molecule has 0 saturated heterocycles. The Morgan fingerprint density at radius 3 is 2.15 bits per heavy atom. The molecule has 0 atom stereocenters. The molecule has 1 nitrogen and oxygen atoms in total. The van der Waals surface area contributed by atoms with E-state index in [1.165, 1.54) is 36.5 Å². The van der Waals surface area contributed by atoms with Gasteiger partial charge in [0, 0.05) is 25.4 Å². The number of rotatable bonds is 1. The fourth-order valence-electron chi connectivity index (χ4n) is 2.68. The number of aromatic amines is 1. The van der Waals surface area contributed by atoms with E-state index in [9.17, 15) is 0 Å². The highest BCUT2D eigenvalue weighted by Gasteiger charge is 2.06. The molecule has 4 rings (SSSR count). The van der Waals surface area contributed by atoms with Crippen molar-refractivity contribution in [1.29, 1.82) is 0 Å². The number of H-pyrrole nitrogens is 1. The van der Waals surface area contributed by atoms with E-state index >= 15 is 0 Å². The first-order valence-electron chi connectivity index (χ1n) is 6.58. The average Bonchev–Trinajstić information content (AvgIpc) is 2.85. The summed E-state index contributed by atoms with van der Waals surface area (Å²) in [6.07, 6.45) is 0. The molecule has 3 aromatic carbocycles. The Morgan fingerprint density at radius 1 is 0.650 bits per heavy atom. The second-order valence-corrected chi connectivity index (χ2v) is 6.19. The highest BCUT2D eigenvalue weighted by atomic mass is 127. The molecule has 0 bridgehead atoms. The first kappa shape index (κ1) is 12.0. The predicted molar refractivity (Wildman–Crippen MR) is 94.0 cm³/mol. The molecule has 0 radical (unpaired) electrons. The average molecular weight is 369 g/mol. The summed E-state index contributed by atoms with van der Waals surface area (Å²) < 4.78 is 1.26. The van der Waals surface area contributed by atoms with Gasteiger partial charge >= 0.3 is 0 Å². The van der Waals surface area contributed by atoms with Gasteiger partial charge in [-0.3, -0.25) is 0 Å². The maximum absolute atomic E-state index is 3.48. The predicted octanol–water partition coefficient (Wildman–Crippen LogP) is 5.59. The molecule has 0 spiro atoms. The van der Waals surface area contributed by atoms with E-state index in [0.29, 0.717) is 0 Å². The van der Waals surface area contributed by atoms with E-state index in [4.69, 9.17) is 0 Å². The van der Waals surface area contributed by atoms with Crippen LogP contribution in [-0.2, 0) is 0 Å². The Labute approximate surface area is 130 Å². The maximum Gasteiger partial charge on any atom is 0.0465 e. The number of nitrogens with one attached hydrogen (secondary N) is 1. The normalized spacial score (nSPS) is 11.2. The van der Waals surface area contributed by atoms with Gasteiger partial charge in [0.15, 0.2) is 0 Å². The van der Waals surface area contributed by atoms with Crippen LogP contribution >= 0.6 is 22.6 Å². The minimum atomic E-state index is 1.20. The molecule has 0 unspecified atom stereocenters. The van der Waals surface area contributed by atoms with E-state index < -0.39 is 0 Å². The molecule has 1 N–H and O–H groups in total. The summed E-state index contributed by atoms with van der Waals surface area (Å²) in [7, 11) is 0. The Hall–Kier alpha value is -1.81. The highest BCUT2D eigenvalue weighted by Crippen LogP contribution is 2.30. The quantitative estimate of drug-likeness (QED) is 0.421. The van der Waals surface area contributed by atoms with Crippen LogP contribution in [-0.4, -0.2) is 4.98 Å². The number of fused-ring (bicyclic) bond motifs is 3. The third-order valence-electron chi connectivity index (χ3n) is 3.67. The van der Waals surface area contributed by atoms with Gasteiger partial charge < -0.3 is 4.98 Å². The monoisotopic (exact) mass is 369 g/mol. The first-order valence-corrected chi connectivity index (χ1v) is 7.65. The van der Waals surface area contributed by atoms with Crippen LogP contribution in [0.2, 0.25) is 0 Å². The third-order valence-corrected chi connectivity index (χ3v) is 4.34. The first-order chi connectivity index (χ1) is 9.81. The standard InChI is InChI=1S/C18H12IN/c19-14-7-9-18-16(11-14)15-10-13(6-8-17(15)20-18)12-4-2-1-3-5-12/h1-11,20H. The largest absolute Gasteiger partial charge is 0.355 e. The van der Waals surface area contributed by atoms with Crippen molar-refractivity contribution < 1.29 is 0 Å². The summed E-state index contributed by atoms with van der Waals surface area (Å²) in [6, 6.07) is 23.7. The van der Waals surface area contributed by atoms with Crippen LogP contribution in [0.15, 0.2) is 66.7 Å². The maximum atomic E-state index is 3.48. The van der Waals surface area contributed by atoms with E-state index in [-0.39, 0.29) is 0 Å². The lowest BCUT2D eigenvalue weighted by Crippen LogP contribution is -1.77. The SMILES string of the molecule is Ic1ccc2[nH]c3ccc(-c4ccccc4)cc3c2c1. The van der Waals surface area contributed by atoms with Crippen LogP contribution in [0.5, 0.6) is 0 Å². The molecule has 1 aromatic heterocycles. The smallest absolute Gasteiger partial charge is 0.0465 e. The van der Waals surface area contributed by atoms with Crippen molar-refractivity contribution in [2.45, 2.75) is 0 Å². The molecule has 0 amide bonds. The lowest BCUT2D eigenvalue weighted by atomic mass is 10.0. The van der Waals surface area contributed by atoms with Gasteiger partial charge in [-0.1, -0.05) is 36.4 Å². The third kappa shape index (κ3) is 1.91. The summed E-state index contributed by atoms with van der Waals surface area (Å²) in [4.78, 5) is 3.48. The van der Waals surface area contributed by atoms with E-state index in [0.717, 1.165) is 0 Å². The number of halogens is 1. The van der Waals surface area contributed by atoms with Gasteiger partial charge in [-0.05, 0) is 64.0 Å². The zero-order valence-corrected chi connectivity index (χ0v) is 12.9. The Bertz CT molecular complexity index is 907. The van der Waals surface area contributed by atoms with Crippen molar-refractivity contribution in [2.24, 2.45) is 0 Å². The molecule has 0 aliphatic rings. The van der Waals surface area contributed by atoms with Crippen LogP contribution in [0.3, 0.4) is 0 Å². The number of hydrogen-bond acceptors (Lipinski definition) is 0. The molecular formula is C18H12IN. The van der Waals surface area contributed by atoms with Gasteiger partial charge in [-0.2, -0.15) is 0 Å². The zero-order valence-electron chi connectivity index (χ0n) is 10.7. The molecule has 4 aromatic rings. The fourth-order valence-corrected chi connectivity index (χ4v) is 3.17. The number of hydrogen-bond donors (Lipinski definition) is 1. The number of aromatic nitrogens is 1. The van der Waals surface area contributed by atoms with Crippen LogP contribution in [0.1, 0.15) is 0 Å². The van der Waals surface area contributed by atoms with Crippen LogP contribution in [0.4, 0.5) is 0 Å². The highest BCUT2D eigenvalue weighted by molar-refractivity contribution is 14.1. The van der Waals surface area contributed by atoms with Crippen molar-refractivity contribution in [2.75, 3.05) is 0 Å². The van der Waals surface area contributed by atoms with Crippen molar-refractivity contribution in [3.05, 3.63) is 70.3 Å². The van der Waals surface area contributed by atoms with Crippen molar-refractivity contribution in [1.82, 2.24) is 4.98 Å². The van der Waals surface area contributed by atoms with Crippen molar-refractivity contribution >= 4 is 44.4 Å². The van der Waals surface area contributed by atoms with Crippen LogP contribution in [0.25, 0.3) is 32.9 Å². The summed E-state index contributed by atoms with van der Waals surface area (Å²) in [5.74, 6) is 0. The Kier molecular flexibility index (Phi) is 2.77. The molecule has 0 aliphatic heterocycles. The van der Waals surface area contributed by atoms with Gasteiger partial charge in [0.2, 0.25) is 0 Å². The minimum absolute atomic E-state index is 1.20.